The Morgan fingerprint density at radius 3 is 2.67 bits per heavy atom. The molecule has 0 aliphatic rings. The highest BCUT2D eigenvalue weighted by atomic mass is 32.2. The average molecular weight is 256 g/mol. The molecule has 2 rings (SSSR count). The molecule has 0 unspecified atom stereocenters. The number of nitrogens with two attached hydrogens (primary N) is 1. The summed E-state index contributed by atoms with van der Waals surface area (Å²) in [5.74, 6) is 1.52. The zero-order chi connectivity index (χ0) is 13.0. The first-order chi connectivity index (χ1) is 8.69. The fraction of sp³-hybridized carbons (Fsp3) is 0.154. The molecule has 1 aromatic carbocycles. The van der Waals surface area contributed by atoms with E-state index in [1.807, 2.05) is 6.07 Å². The smallest absolute Gasteiger partial charge is 0.145 e. The summed E-state index contributed by atoms with van der Waals surface area (Å²) in [6.07, 6.45) is 1.47. The third kappa shape index (κ3) is 2.99. The van der Waals surface area contributed by atoms with Gasteiger partial charge in [0.1, 0.15) is 23.3 Å². The van der Waals surface area contributed by atoms with Crippen molar-refractivity contribution >= 4 is 17.6 Å². The van der Waals surface area contributed by atoms with Gasteiger partial charge in [0.2, 0.25) is 0 Å². The Hall–Kier alpha value is -2.06. The number of hydrogen-bond donors (Lipinski definition) is 1. The molecule has 2 N–H and O–H groups in total. The predicted octanol–water partition coefficient (Wildman–Crippen LogP) is 2.53. The molecule has 0 spiro atoms. The molecule has 0 amide bonds. The molecule has 0 aliphatic heterocycles. The summed E-state index contributed by atoms with van der Waals surface area (Å²) in [6, 6.07) is 10.2. The first-order valence-corrected chi connectivity index (χ1v) is 6.38. The molecule has 2 aromatic rings. The molecule has 0 atom stereocenters. The molecule has 1 heterocycles. The molecule has 1 aromatic heterocycles. The van der Waals surface area contributed by atoms with Crippen LogP contribution < -0.4 is 5.73 Å². The second kappa shape index (κ2) is 5.52. The topological polar surface area (TPSA) is 75.6 Å². The van der Waals surface area contributed by atoms with E-state index >= 15 is 0 Å². The first-order valence-electron chi connectivity index (χ1n) is 5.40. The fourth-order valence-electron chi connectivity index (χ4n) is 1.37. The molecular weight excluding hydrogens is 244 g/mol. The lowest BCUT2D eigenvalue weighted by Crippen LogP contribution is -2.00. The first kappa shape index (κ1) is 12.4. The highest BCUT2D eigenvalue weighted by Gasteiger charge is 2.04. The number of aromatic nitrogens is 2. The zero-order valence-corrected chi connectivity index (χ0v) is 10.7. The van der Waals surface area contributed by atoms with Gasteiger partial charge in [-0.05, 0) is 19.1 Å². The van der Waals surface area contributed by atoms with Gasteiger partial charge in [-0.3, -0.25) is 0 Å². The summed E-state index contributed by atoms with van der Waals surface area (Å²) in [6.45, 7) is 2.05. The van der Waals surface area contributed by atoms with Crippen LogP contribution in [0.5, 0.6) is 0 Å². The molecule has 4 nitrogen and oxygen atoms in total. The highest BCUT2D eigenvalue weighted by molar-refractivity contribution is 7.98. The molecule has 0 saturated heterocycles. The van der Waals surface area contributed by atoms with Gasteiger partial charge in [-0.1, -0.05) is 17.7 Å². The Morgan fingerprint density at radius 2 is 2.06 bits per heavy atom. The minimum atomic E-state index is 0.243. The second-order valence-corrected chi connectivity index (χ2v) is 4.85. The average Bonchev–Trinajstić information content (AvgIpc) is 2.38. The lowest BCUT2D eigenvalue weighted by molar-refractivity contribution is 1.03. The van der Waals surface area contributed by atoms with Crippen LogP contribution in [-0.4, -0.2) is 9.97 Å². The van der Waals surface area contributed by atoms with E-state index in [1.54, 1.807) is 11.8 Å². The maximum absolute atomic E-state index is 8.73. The van der Waals surface area contributed by atoms with Crippen LogP contribution in [0.1, 0.15) is 17.0 Å². The summed E-state index contributed by atoms with van der Waals surface area (Å²) in [5.41, 5.74) is 7.19. The van der Waals surface area contributed by atoms with Crippen LogP contribution in [-0.2, 0) is 5.75 Å². The third-order valence-corrected chi connectivity index (χ3v) is 3.39. The number of hydrogen-bond acceptors (Lipinski definition) is 5. The van der Waals surface area contributed by atoms with E-state index in [0.29, 0.717) is 17.1 Å². The van der Waals surface area contributed by atoms with Crippen LogP contribution in [0.25, 0.3) is 0 Å². The standard InChI is InChI=1S/C13H12N4S/c1-9-2-4-11(5-3-9)18-8-12-16-7-10(6-14)13(15)17-12/h2-5,7H,8H2,1H3,(H2,15,16,17). The minimum Gasteiger partial charge on any atom is -0.382 e. The van der Waals surface area contributed by atoms with Crippen molar-refractivity contribution in [3.05, 3.63) is 47.4 Å². The van der Waals surface area contributed by atoms with Gasteiger partial charge in [-0.2, -0.15) is 5.26 Å². The number of nitriles is 1. The van der Waals surface area contributed by atoms with Gasteiger partial charge in [0.05, 0.1) is 11.9 Å². The maximum Gasteiger partial charge on any atom is 0.145 e. The third-order valence-electron chi connectivity index (χ3n) is 2.38. The van der Waals surface area contributed by atoms with Crippen LogP contribution >= 0.6 is 11.8 Å². The van der Waals surface area contributed by atoms with E-state index in [-0.39, 0.29) is 5.82 Å². The van der Waals surface area contributed by atoms with Crippen LogP contribution in [0.15, 0.2) is 35.4 Å². The van der Waals surface area contributed by atoms with Crippen molar-refractivity contribution in [2.45, 2.75) is 17.6 Å². The Kier molecular flexibility index (Phi) is 3.80. The van der Waals surface area contributed by atoms with E-state index in [4.69, 9.17) is 11.0 Å². The maximum atomic E-state index is 8.73. The van der Waals surface area contributed by atoms with Crippen LogP contribution in [0.4, 0.5) is 5.82 Å². The van der Waals surface area contributed by atoms with Gasteiger partial charge in [-0.15, -0.1) is 11.8 Å². The quantitative estimate of drug-likeness (QED) is 0.854. The molecule has 0 bridgehead atoms. The predicted molar refractivity (Wildman–Crippen MR) is 71.9 cm³/mol. The van der Waals surface area contributed by atoms with Crippen LogP contribution in [0.2, 0.25) is 0 Å². The van der Waals surface area contributed by atoms with E-state index < -0.39 is 0 Å². The van der Waals surface area contributed by atoms with Gasteiger partial charge in [0.25, 0.3) is 0 Å². The molecule has 0 saturated carbocycles. The Balaban J connectivity index is 2.04. The lowest BCUT2D eigenvalue weighted by Gasteiger charge is -2.03. The van der Waals surface area contributed by atoms with Gasteiger partial charge in [0, 0.05) is 4.90 Å². The number of aryl methyl sites for hydroxylation is 1. The zero-order valence-electron chi connectivity index (χ0n) is 9.92. The summed E-state index contributed by atoms with van der Waals surface area (Å²) in [5, 5.41) is 8.73. The number of anilines is 1. The monoisotopic (exact) mass is 256 g/mol. The minimum absolute atomic E-state index is 0.243. The Labute approximate surface area is 110 Å². The van der Waals surface area contributed by atoms with Gasteiger partial charge in [-0.25, -0.2) is 9.97 Å². The van der Waals surface area contributed by atoms with Crippen molar-refractivity contribution in [1.82, 2.24) is 9.97 Å². The normalized spacial score (nSPS) is 10.0. The molecular formula is C13H12N4S. The van der Waals surface area contributed by atoms with Crippen molar-refractivity contribution in [2.75, 3.05) is 5.73 Å². The molecule has 0 radical (unpaired) electrons. The summed E-state index contributed by atoms with van der Waals surface area (Å²) in [4.78, 5) is 9.37. The van der Waals surface area contributed by atoms with Crippen molar-refractivity contribution in [2.24, 2.45) is 0 Å². The number of thioether (sulfide) groups is 1. The Bertz CT molecular complexity index is 587. The van der Waals surface area contributed by atoms with Crippen molar-refractivity contribution in [3.8, 4) is 6.07 Å². The van der Waals surface area contributed by atoms with Gasteiger partial charge < -0.3 is 5.73 Å². The van der Waals surface area contributed by atoms with Crippen LogP contribution in [0.3, 0.4) is 0 Å². The van der Waals surface area contributed by atoms with Gasteiger partial charge >= 0.3 is 0 Å². The van der Waals surface area contributed by atoms with E-state index in [0.717, 1.165) is 4.90 Å². The summed E-state index contributed by atoms with van der Waals surface area (Å²) >= 11 is 1.64. The molecule has 0 aliphatic carbocycles. The lowest BCUT2D eigenvalue weighted by atomic mass is 10.2. The van der Waals surface area contributed by atoms with E-state index in [9.17, 15) is 0 Å². The number of nitrogens with zero attached hydrogens (tertiary/aromatic N) is 3. The SMILES string of the molecule is Cc1ccc(SCc2ncc(C#N)c(N)n2)cc1. The number of rotatable bonds is 3. The van der Waals surface area contributed by atoms with E-state index in [2.05, 4.69) is 41.2 Å². The van der Waals surface area contributed by atoms with E-state index in [1.165, 1.54) is 11.8 Å². The largest absolute Gasteiger partial charge is 0.382 e. The molecule has 90 valence electrons. The van der Waals surface area contributed by atoms with Crippen molar-refractivity contribution < 1.29 is 0 Å². The van der Waals surface area contributed by atoms with Crippen LogP contribution in [0, 0.1) is 18.3 Å². The highest BCUT2D eigenvalue weighted by Crippen LogP contribution is 2.22. The fourth-order valence-corrected chi connectivity index (χ4v) is 2.13. The van der Waals surface area contributed by atoms with Crippen molar-refractivity contribution in [3.63, 3.8) is 0 Å². The van der Waals surface area contributed by atoms with Gasteiger partial charge in [0.15, 0.2) is 0 Å². The molecule has 18 heavy (non-hydrogen) atoms. The molecule has 5 heteroatoms. The second-order valence-electron chi connectivity index (χ2n) is 3.80. The summed E-state index contributed by atoms with van der Waals surface area (Å²) in [7, 11) is 0. The van der Waals surface area contributed by atoms with Crippen molar-refractivity contribution in [1.29, 1.82) is 5.26 Å². The molecule has 0 fully saturated rings. The Morgan fingerprint density at radius 1 is 1.33 bits per heavy atom. The number of benzene rings is 1. The summed E-state index contributed by atoms with van der Waals surface area (Å²) < 4.78 is 0. The number of nitrogen functional groups attached to an aromatic ring is 1.